The molecule has 3 nitrogen and oxygen atoms in total. The number of aliphatic hydroxyl groups is 1. The highest BCUT2D eigenvalue weighted by Crippen LogP contribution is 2.18. The van der Waals surface area contributed by atoms with Gasteiger partial charge >= 0.3 is 0 Å². The van der Waals surface area contributed by atoms with Crippen molar-refractivity contribution in [3.63, 3.8) is 0 Å². The largest absolute Gasteiger partial charge is 0.370 e. The molecule has 2 unspecified atom stereocenters. The second-order valence-electron chi connectivity index (χ2n) is 3.13. The van der Waals surface area contributed by atoms with Gasteiger partial charge in [-0.2, -0.15) is 0 Å². The first-order valence-corrected chi connectivity index (χ1v) is 4.31. The second-order valence-corrected chi connectivity index (χ2v) is 3.13. The first-order valence-electron chi connectivity index (χ1n) is 4.31. The molecule has 0 saturated carbocycles. The van der Waals surface area contributed by atoms with E-state index >= 15 is 0 Å². The summed E-state index contributed by atoms with van der Waals surface area (Å²) in [5, 5.41) is 9.47. The molecule has 0 aromatic carbocycles. The van der Waals surface area contributed by atoms with Gasteiger partial charge in [0.15, 0.2) is 0 Å². The van der Waals surface area contributed by atoms with Crippen LogP contribution >= 0.6 is 0 Å². The summed E-state index contributed by atoms with van der Waals surface area (Å²) in [6.45, 7) is 0. The predicted octanol–water partition coefficient (Wildman–Crippen LogP) is 0.588. The summed E-state index contributed by atoms with van der Waals surface area (Å²) in [5.74, 6) is -0.113. The Labute approximate surface area is 76.7 Å². The molecule has 0 saturated heterocycles. The van der Waals surface area contributed by atoms with Crippen molar-refractivity contribution in [3.8, 4) is 0 Å². The van der Waals surface area contributed by atoms with Crippen LogP contribution in [-0.2, 0) is 4.79 Å². The van der Waals surface area contributed by atoms with Gasteiger partial charge in [0.1, 0.15) is 6.23 Å². The smallest absolute Gasteiger partial charge is 0.249 e. The minimum absolute atomic E-state index is 0.00231. The molecule has 0 bridgehead atoms. The van der Waals surface area contributed by atoms with Crippen molar-refractivity contribution in [1.82, 2.24) is 4.90 Å². The molecule has 68 valence electrons. The topological polar surface area (TPSA) is 40.5 Å². The number of aliphatic hydroxyl groups excluding tert-OH is 1. The average molecular weight is 177 g/mol. The Morgan fingerprint density at radius 3 is 2.77 bits per heavy atom. The summed E-state index contributed by atoms with van der Waals surface area (Å²) in [7, 11) is 0. The lowest BCUT2D eigenvalue weighted by Crippen LogP contribution is -2.41. The van der Waals surface area contributed by atoms with Crippen molar-refractivity contribution >= 4 is 5.91 Å². The summed E-state index contributed by atoms with van der Waals surface area (Å²) in [4.78, 5) is 12.8. The number of hydrogen-bond acceptors (Lipinski definition) is 2. The molecule has 1 N–H and O–H groups in total. The normalized spacial score (nSPS) is 31.8. The highest BCUT2D eigenvalue weighted by atomic mass is 16.3. The molecule has 0 fully saturated rings. The van der Waals surface area contributed by atoms with Gasteiger partial charge < -0.3 is 10.0 Å². The fraction of sp³-hybridized carbons (Fsp3) is 0.300. The van der Waals surface area contributed by atoms with Crippen LogP contribution in [0.5, 0.6) is 0 Å². The molecule has 1 aliphatic heterocycles. The Hall–Kier alpha value is -1.35. The molecule has 0 aromatic heterocycles. The zero-order chi connectivity index (χ0) is 9.26. The summed E-state index contributed by atoms with van der Waals surface area (Å²) in [5.41, 5.74) is 0. The van der Waals surface area contributed by atoms with Crippen LogP contribution in [-0.4, -0.2) is 28.2 Å². The van der Waals surface area contributed by atoms with Crippen molar-refractivity contribution in [3.05, 3.63) is 36.5 Å². The zero-order valence-electron chi connectivity index (χ0n) is 7.13. The molecule has 13 heavy (non-hydrogen) atoms. The standard InChI is InChI=1S/C10H11NO2/c12-9-6-7-10(13)11(9)8-4-2-1-3-5-8/h1-4,6-9,12H,5H2. The molecular weight excluding hydrogens is 166 g/mol. The minimum Gasteiger partial charge on any atom is -0.370 e. The Bertz CT molecular complexity index is 304. The Morgan fingerprint density at radius 2 is 2.23 bits per heavy atom. The maximum absolute atomic E-state index is 11.3. The molecule has 0 spiro atoms. The van der Waals surface area contributed by atoms with E-state index < -0.39 is 6.23 Å². The van der Waals surface area contributed by atoms with Crippen LogP contribution in [0.1, 0.15) is 6.42 Å². The third kappa shape index (κ3) is 1.42. The molecular formula is C10H11NO2. The van der Waals surface area contributed by atoms with Gasteiger partial charge in [0.25, 0.3) is 0 Å². The van der Waals surface area contributed by atoms with Gasteiger partial charge in [-0.1, -0.05) is 24.3 Å². The quantitative estimate of drug-likeness (QED) is 0.636. The lowest BCUT2D eigenvalue weighted by atomic mass is 10.1. The van der Waals surface area contributed by atoms with Crippen LogP contribution in [0.15, 0.2) is 36.5 Å². The van der Waals surface area contributed by atoms with Crippen LogP contribution in [0.4, 0.5) is 0 Å². The SMILES string of the molecule is O=C1C=CC(O)N1C1C=CC=CC1. The molecule has 2 rings (SSSR count). The minimum atomic E-state index is -0.756. The highest BCUT2D eigenvalue weighted by Gasteiger charge is 2.29. The monoisotopic (exact) mass is 177 g/mol. The molecule has 1 amide bonds. The van der Waals surface area contributed by atoms with E-state index in [9.17, 15) is 9.90 Å². The summed E-state index contributed by atoms with van der Waals surface area (Å²) < 4.78 is 0. The Kier molecular flexibility index (Phi) is 2.02. The van der Waals surface area contributed by atoms with Crippen molar-refractivity contribution in [2.24, 2.45) is 0 Å². The molecule has 0 radical (unpaired) electrons. The maximum Gasteiger partial charge on any atom is 0.249 e. The van der Waals surface area contributed by atoms with Crippen molar-refractivity contribution in [2.75, 3.05) is 0 Å². The molecule has 1 heterocycles. The summed E-state index contributed by atoms with van der Waals surface area (Å²) in [6.07, 6.45) is 10.7. The predicted molar refractivity (Wildman–Crippen MR) is 48.7 cm³/mol. The lowest BCUT2D eigenvalue weighted by Gasteiger charge is -2.28. The van der Waals surface area contributed by atoms with E-state index in [1.165, 1.54) is 17.1 Å². The number of carbonyl (C=O) groups is 1. The van der Waals surface area contributed by atoms with Gasteiger partial charge in [0.2, 0.25) is 5.91 Å². The maximum atomic E-state index is 11.3. The molecule has 2 aliphatic rings. The zero-order valence-corrected chi connectivity index (χ0v) is 7.13. The van der Waals surface area contributed by atoms with Crippen molar-refractivity contribution < 1.29 is 9.90 Å². The van der Waals surface area contributed by atoms with Crippen LogP contribution in [0.3, 0.4) is 0 Å². The van der Waals surface area contributed by atoms with E-state index in [2.05, 4.69) is 0 Å². The molecule has 0 aromatic rings. The van der Waals surface area contributed by atoms with E-state index in [1.54, 1.807) is 0 Å². The second kappa shape index (κ2) is 3.18. The molecule has 1 aliphatic carbocycles. The average Bonchev–Trinajstić information content (AvgIpc) is 2.48. The fourth-order valence-electron chi connectivity index (χ4n) is 1.61. The number of amides is 1. The fourth-order valence-corrected chi connectivity index (χ4v) is 1.61. The third-order valence-corrected chi connectivity index (χ3v) is 2.27. The summed E-state index contributed by atoms with van der Waals surface area (Å²) in [6, 6.07) is 0.00231. The number of rotatable bonds is 1. The van der Waals surface area contributed by atoms with E-state index in [-0.39, 0.29) is 11.9 Å². The van der Waals surface area contributed by atoms with Gasteiger partial charge in [-0.05, 0) is 12.5 Å². The van der Waals surface area contributed by atoms with E-state index in [1.807, 2.05) is 24.3 Å². The number of hydrogen-bond donors (Lipinski definition) is 1. The number of carbonyl (C=O) groups excluding carboxylic acids is 1. The first kappa shape index (κ1) is 8.26. The third-order valence-electron chi connectivity index (χ3n) is 2.27. The summed E-state index contributed by atoms with van der Waals surface area (Å²) >= 11 is 0. The van der Waals surface area contributed by atoms with E-state index in [0.717, 1.165) is 6.42 Å². The van der Waals surface area contributed by atoms with E-state index in [0.29, 0.717) is 0 Å². The van der Waals surface area contributed by atoms with Crippen molar-refractivity contribution in [1.29, 1.82) is 0 Å². The van der Waals surface area contributed by atoms with Gasteiger partial charge in [-0.25, -0.2) is 0 Å². The van der Waals surface area contributed by atoms with Crippen LogP contribution in [0.25, 0.3) is 0 Å². The van der Waals surface area contributed by atoms with Gasteiger partial charge in [0, 0.05) is 6.08 Å². The van der Waals surface area contributed by atoms with Crippen molar-refractivity contribution in [2.45, 2.75) is 18.7 Å². The van der Waals surface area contributed by atoms with Gasteiger partial charge in [0.05, 0.1) is 6.04 Å². The molecule has 3 heteroatoms. The number of allylic oxidation sites excluding steroid dienone is 2. The lowest BCUT2D eigenvalue weighted by molar-refractivity contribution is -0.132. The van der Waals surface area contributed by atoms with Crippen LogP contribution < -0.4 is 0 Å². The van der Waals surface area contributed by atoms with Crippen LogP contribution in [0.2, 0.25) is 0 Å². The van der Waals surface area contributed by atoms with Gasteiger partial charge in [-0.15, -0.1) is 0 Å². The molecule has 2 atom stereocenters. The Morgan fingerprint density at radius 1 is 1.38 bits per heavy atom. The number of nitrogens with zero attached hydrogens (tertiary/aromatic N) is 1. The van der Waals surface area contributed by atoms with Gasteiger partial charge in [-0.3, -0.25) is 4.79 Å². The highest BCUT2D eigenvalue weighted by molar-refractivity contribution is 5.90. The van der Waals surface area contributed by atoms with E-state index in [4.69, 9.17) is 0 Å². The first-order chi connectivity index (χ1) is 6.29. The Balaban J connectivity index is 2.13. The van der Waals surface area contributed by atoms with Crippen LogP contribution in [0, 0.1) is 0 Å².